The Kier molecular flexibility index (Phi) is 4.90. The molecule has 2 rings (SSSR count). The number of hydrogen-bond donors (Lipinski definition) is 1. The molecule has 120 valence electrons. The Balaban J connectivity index is 1.85. The predicted molar refractivity (Wildman–Crippen MR) is 78.3 cm³/mol. The minimum atomic E-state index is -4.08. The maximum absolute atomic E-state index is 12.6. The summed E-state index contributed by atoms with van der Waals surface area (Å²) in [6.07, 6.45) is -1.18. The fourth-order valence-corrected chi connectivity index (χ4v) is 4.15. The zero-order chi connectivity index (χ0) is 15.7. The minimum Gasteiger partial charge on any atom is -0.362 e. The van der Waals surface area contributed by atoms with E-state index in [0.29, 0.717) is 18.0 Å². The van der Waals surface area contributed by atoms with Gasteiger partial charge in [0.25, 0.3) is 5.91 Å². The van der Waals surface area contributed by atoms with Crippen LogP contribution in [0.2, 0.25) is 0 Å². The van der Waals surface area contributed by atoms with Gasteiger partial charge in [-0.2, -0.15) is 18.2 Å². The van der Waals surface area contributed by atoms with Gasteiger partial charge >= 0.3 is 6.18 Å². The van der Waals surface area contributed by atoms with Crippen molar-refractivity contribution in [1.29, 1.82) is 0 Å². The molecule has 0 unspecified atom stereocenters. The zero-order valence-electron chi connectivity index (χ0n) is 12.3. The molecule has 7 heteroatoms. The second kappa shape index (κ2) is 6.18. The average molecular weight is 322 g/mol. The van der Waals surface area contributed by atoms with Gasteiger partial charge in [-0.15, -0.1) is 0 Å². The highest BCUT2D eigenvalue weighted by Gasteiger charge is 2.43. The van der Waals surface area contributed by atoms with Crippen molar-refractivity contribution in [3.63, 3.8) is 0 Å². The number of carbonyl (C=O) groups excluding carboxylic acids is 1. The van der Waals surface area contributed by atoms with Crippen LogP contribution in [0, 0.1) is 5.92 Å². The van der Waals surface area contributed by atoms with Crippen LogP contribution in [0.4, 0.5) is 13.2 Å². The number of rotatable bonds is 3. The Hall–Kier alpha value is -0.720. The third kappa shape index (κ3) is 3.93. The van der Waals surface area contributed by atoms with E-state index in [1.54, 1.807) is 0 Å². The number of nitrogens with one attached hydrogen (secondary N) is 1. The normalized spacial score (nSPS) is 34.0. The molecule has 1 aliphatic carbocycles. The van der Waals surface area contributed by atoms with Gasteiger partial charge in [0.05, 0.1) is 5.92 Å². The second-order valence-electron chi connectivity index (χ2n) is 6.04. The molecule has 0 radical (unpaired) electrons. The first-order valence-electron chi connectivity index (χ1n) is 7.40. The lowest BCUT2D eigenvalue weighted by atomic mass is 9.86. The zero-order valence-corrected chi connectivity index (χ0v) is 13.1. The van der Waals surface area contributed by atoms with Gasteiger partial charge in [0.1, 0.15) is 4.75 Å². The molecule has 0 spiro atoms. The van der Waals surface area contributed by atoms with Crippen LogP contribution in [0.5, 0.6) is 0 Å². The summed E-state index contributed by atoms with van der Waals surface area (Å²) in [4.78, 5) is 16.0. The highest BCUT2D eigenvalue weighted by atomic mass is 32.2. The van der Waals surface area contributed by atoms with Crippen molar-refractivity contribution >= 4 is 22.8 Å². The molecule has 0 aromatic rings. The van der Waals surface area contributed by atoms with Gasteiger partial charge in [-0.1, -0.05) is 25.1 Å². The Morgan fingerprint density at radius 1 is 1.33 bits per heavy atom. The van der Waals surface area contributed by atoms with Crippen molar-refractivity contribution in [3.8, 4) is 0 Å². The van der Waals surface area contributed by atoms with E-state index in [0.717, 1.165) is 12.8 Å². The van der Waals surface area contributed by atoms with Crippen molar-refractivity contribution < 1.29 is 18.0 Å². The van der Waals surface area contributed by atoms with Crippen LogP contribution >= 0.6 is 11.8 Å². The first-order valence-corrected chi connectivity index (χ1v) is 8.21. The van der Waals surface area contributed by atoms with E-state index in [4.69, 9.17) is 0 Å². The number of carbonyl (C=O) groups is 1. The van der Waals surface area contributed by atoms with Crippen LogP contribution < -0.4 is 5.32 Å². The average Bonchev–Trinajstić information content (AvgIpc) is 2.64. The molecule has 0 saturated heterocycles. The van der Waals surface area contributed by atoms with Crippen LogP contribution in [-0.2, 0) is 4.79 Å². The molecule has 21 heavy (non-hydrogen) atoms. The first kappa shape index (κ1) is 16.6. The molecule has 0 aromatic carbocycles. The standard InChI is InChI=1S/C14H21F3N2OS/c1-3-8-13(2)11(20)19-12(21-13)18-10-6-4-9(5-7-10)14(15,16)17/h9-10H,3-8H2,1-2H3,(H,18,19,20)/t9-,10+,13-/m0/s1. The molecule has 0 aromatic heterocycles. The van der Waals surface area contributed by atoms with Gasteiger partial charge < -0.3 is 5.32 Å². The van der Waals surface area contributed by atoms with E-state index in [9.17, 15) is 18.0 Å². The third-order valence-electron chi connectivity index (χ3n) is 4.22. The fourth-order valence-electron chi connectivity index (χ4n) is 2.93. The Morgan fingerprint density at radius 2 is 1.95 bits per heavy atom. The van der Waals surface area contributed by atoms with Crippen LogP contribution in [0.1, 0.15) is 52.4 Å². The summed E-state index contributed by atoms with van der Waals surface area (Å²) in [5, 5.41) is 3.73. The summed E-state index contributed by atoms with van der Waals surface area (Å²) in [6, 6.07) is -0.00775. The van der Waals surface area contributed by atoms with Crippen LogP contribution in [0.15, 0.2) is 4.99 Å². The number of amidine groups is 1. The molecule has 1 aliphatic heterocycles. The summed E-state index contributed by atoms with van der Waals surface area (Å²) in [5.41, 5.74) is 0. The Labute approximate surface area is 127 Å². The van der Waals surface area contributed by atoms with Gasteiger partial charge in [-0.05, 0) is 39.0 Å². The lowest BCUT2D eigenvalue weighted by Gasteiger charge is -2.30. The van der Waals surface area contributed by atoms with Gasteiger partial charge in [-0.25, -0.2) is 0 Å². The summed E-state index contributed by atoms with van der Waals surface area (Å²) in [6.45, 7) is 3.89. The molecule has 1 saturated carbocycles. The highest BCUT2D eigenvalue weighted by Crippen LogP contribution is 2.39. The number of aliphatic imine (C=N–C) groups is 1. The lowest BCUT2D eigenvalue weighted by molar-refractivity contribution is -0.182. The van der Waals surface area contributed by atoms with Gasteiger partial charge in [0.2, 0.25) is 0 Å². The second-order valence-corrected chi connectivity index (χ2v) is 7.53. The minimum absolute atomic E-state index is 0.00775. The van der Waals surface area contributed by atoms with Crippen molar-refractivity contribution in [2.75, 3.05) is 0 Å². The van der Waals surface area contributed by atoms with E-state index < -0.39 is 16.8 Å². The molecule has 1 N–H and O–H groups in total. The topological polar surface area (TPSA) is 41.5 Å². The summed E-state index contributed by atoms with van der Waals surface area (Å²) in [5.74, 6) is -1.32. The Morgan fingerprint density at radius 3 is 2.48 bits per heavy atom. The number of nitrogens with zero attached hydrogens (tertiary/aromatic N) is 1. The van der Waals surface area contributed by atoms with Crippen LogP contribution in [0.3, 0.4) is 0 Å². The van der Waals surface area contributed by atoms with Crippen molar-refractivity contribution in [3.05, 3.63) is 0 Å². The van der Waals surface area contributed by atoms with Gasteiger partial charge in [-0.3, -0.25) is 4.79 Å². The number of amides is 1. The number of thioether (sulfide) groups is 1. The maximum Gasteiger partial charge on any atom is 0.391 e. The quantitative estimate of drug-likeness (QED) is 0.857. The third-order valence-corrected chi connectivity index (χ3v) is 5.45. The lowest BCUT2D eigenvalue weighted by Crippen LogP contribution is -2.39. The van der Waals surface area contributed by atoms with Crippen LogP contribution in [0.25, 0.3) is 0 Å². The molecule has 1 atom stereocenters. The Bertz CT molecular complexity index is 430. The molecule has 1 amide bonds. The molecule has 3 nitrogen and oxygen atoms in total. The SMILES string of the molecule is CCC[C@]1(C)SC(N[C@H]2CC[C@@H](C(F)(F)F)CC2)=NC1=O. The number of halogens is 3. The van der Waals surface area contributed by atoms with Crippen molar-refractivity contribution in [2.45, 2.75) is 69.3 Å². The monoisotopic (exact) mass is 322 g/mol. The summed E-state index contributed by atoms with van der Waals surface area (Å²) >= 11 is 1.41. The van der Waals surface area contributed by atoms with E-state index in [2.05, 4.69) is 10.3 Å². The maximum atomic E-state index is 12.6. The molecule has 1 fully saturated rings. The van der Waals surface area contributed by atoms with E-state index in [1.165, 1.54) is 11.8 Å². The van der Waals surface area contributed by atoms with E-state index >= 15 is 0 Å². The van der Waals surface area contributed by atoms with E-state index in [1.807, 2.05) is 13.8 Å². The fraction of sp³-hybridized carbons (Fsp3) is 0.857. The van der Waals surface area contributed by atoms with Crippen molar-refractivity contribution in [2.24, 2.45) is 10.9 Å². The van der Waals surface area contributed by atoms with Crippen molar-refractivity contribution in [1.82, 2.24) is 5.32 Å². The first-order chi connectivity index (χ1) is 9.74. The van der Waals surface area contributed by atoms with Gasteiger partial charge in [0, 0.05) is 6.04 Å². The predicted octanol–water partition coefficient (Wildman–Crippen LogP) is 3.89. The smallest absolute Gasteiger partial charge is 0.362 e. The molecule has 2 aliphatic rings. The van der Waals surface area contributed by atoms with E-state index in [-0.39, 0.29) is 24.8 Å². The number of hydrogen-bond acceptors (Lipinski definition) is 3. The highest BCUT2D eigenvalue weighted by molar-refractivity contribution is 8.16. The summed E-state index contributed by atoms with van der Waals surface area (Å²) in [7, 11) is 0. The number of alkyl halides is 3. The molecular formula is C14H21F3N2OS. The summed E-state index contributed by atoms with van der Waals surface area (Å²) < 4.78 is 37.3. The van der Waals surface area contributed by atoms with Gasteiger partial charge in [0.15, 0.2) is 5.17 Å². The molecule has 0 bridgehead atoms. The molecule has 1 heterocycles. The molecular weight excluding hydrogens is 301 g/mol. The van der Waals surface area contributed by atoms with Crippen LogP contribution in [-0.4, -0.2) is 28.0 Å². The largest absolute Gasteiger partial charge is 0.391 e.